The van der Waals surface area contributed by atoms with Crippen molar-refractivity contribution in [2.75, 3.05) is 0 Å². The number of nitrogens with zero attached hydrogens (tertiary/aromatic N) is 1. The number of hydrogen-bond donors (Lipinski definition) is 3. The number of carbonyl (C=O) groups is 3. The highest BCUT2D eigenvalue weighted by Crippen LogP contribution is 2.30. The van der Waals surface area contributed by atoms with Crippen molar-refractivity contribution in [2.45, 2.75) is 50.5 Å². The van der Waals surface area contributed by atoms with Gasteiger partial charge in [-0.2, -0.15) is 0 Å². The van der Waals surface area contributed by atoms with Gasteiger partial charge in [0.05, 0.1) is 0 Å². The smallest absolute Gasteiger partial charge is 0.255 e. The topological polar surface area (TPSA) is 105 Å². The second-order valence-corrected chi connectivity index (χ2v) is 6.74. The molecule has 3 amide bonds. The van der Waals surface area contributed by atoms with Gasteiger partial charge >= 0.3 is 0 Å². The number of nitrogens with two attached hydrogens (primary N) is 1. The number of hydrogen-bond acceptors (Lipinski definition) is 5. The molecule has 1 unspecified atom stereocenters. The largest absolute Gasteiger partial charge is 0.326 e. The van der Waals surface area contributed by atoms with Crippen molar-refractivity contribution in [1.82, 2.24) is 15.5 Å². The molecule has 7 nitrogen and oxygen atoms in total. The van der Waals surface area contributed by atoms with Gasteiger partial charge in [0.2, 0.25) is 11.8 Å². The molecule has 1 aliphatic carbocycles. The highest BCUT2D eigenvalue weighted by atomic mass is 16.2. The quantitative estimate of drug-likeness (QED) is 0.655. The number of benzene rings is 1. The van der Waals surface area contributed by atoms with E-state index in [9.17, 15) is 14.4 Å². The SMILES string of the molecule is N[C@@H]1C[C@@H]1NCc1cccc2c1C(=O)N(C1CCC(=O)NC1=O)C2. The van der Waals surface area contributed by atoms with Crippen LogP contribution in [0.25, 0.3) is 0 Å². The highest BCUT2D eigenvalue weighted by Gasteiger charge is 2.40. The summed E-state index contributed by atoms with van der Waals surface area (Å²) >= 11 is 0. The third-order valence-electron chi connectivity index (χ3n) is 5.03. The Morgan fingerprint density at radius 1 is 1.29 bits per heavy atom. The van der Waals surface area contributed by atoms with E-state index in [0.29, 0.717) is 31.1 Å². The molecule has 2 fully saturated rings. The van der Waals surface area contributed by atoms with E-state index < -0.39 is 6.04 Å². The Labute approximate surface area is 139 Å². The molecule has 0 bridgehead atoms. The molecule has 1 saturated heterocycles. The van der Waals surface area contributed by atoms with Gasteiger partial charge in [-0.05, 0) is 24.0 Å². The Kier molecular flexibility index (Phi) is 3.62. The van der Waals surface area contributed by atoms with Crippen LogP contribution in [0.4, 0.5) is 0 Å². The molecule has 3 atom stereocenters. The maximum absolute atomic E-state index is 12.9. The van der Waals surface area contributed by atoms with E-state index >= 15 is 0 Å². The van der Waals surface area contributed by atoms with Gasteiger partial charge in [0.15, 0.2) is 0 Å². The van der Waals surface area contributed by atoms with Crippen molar-refractivity contribution in [3.8, 4) is 0 Å². The molecule has 4 rings (SSSR count). The van der Waals surface area contributed by atoms with Crippen molar-refractivity contribution in [1.29, 1.82) is 0 Å². The Balaban J connectivity index is 1.54. The Hall–Kier alpha value is -2.25. The average molecular weight is 328 g/mol. The first-order valence-corrected chi connectivity index (χ1v) is 8.29. The molecular weight excluding hydrogens is 308 g/mol. The summed E-state index contributed by atoms with van der Waals surface area (Å²) in [6.07, 6.45) is 1.62. The van der Waals surface area contributed by atoms with E-state index in [4.69, 9.17) is 5.73 Å². The lowest BCUT2D eigenvalue weighted by molar-refractivity contribution is -0.136. The fraction of sp³-hybridized carbons (Fsp3) is 0.471. The van der Waals surface area contributed by atoms with Crippen molar-refractivity contribution >= 4 is 17.7 Å². The number of nitrogens with one attached hydrogen (secondary N) is 2. The van der Waals surface area contributed by atoms with Crippen LogP contribution in [-0.2, 0) is 22.7 Å². The zero-order chi connectivity index (χ0) is 16.8. The molecule has 1 aromatic rings. The molecule has 2 aliphatic heterocycles. The minimum absolute atomic E-state index is 0.128. The molecule has 1 saturated carbocycles. The summed E-state index contributed by atoms with van der Waals surface area (Å²) in [5, 5.41) is 5.69. The Morgan fingerprint density at radius 3 is 2.79 bits per heavy atom. The van der Waals surface area contributed by atoms with E-state index in [2.05, 4.69) is 10.6 Å². The van der Waals surface area contributed by atoms with Crippen LogP contribution in [0.5, 0.6) is 0 Å². The van der Waals surface area contributed by atoms with Crippen LogP contribution in [0.2, 0.25) is 0 Å². The normalized spacial score (nSPS) is 28.8. The van der Waals surface area contributed by atoms with Gasteiger partial charge in [0.25, 0.3) is 5.91 Å². The fourth-order valence-electron chi connectivity index (χ4n) is 3.53. The van der Waals surface area contributed by atoms with E-state index in [-0.39, 0.29) is 30.2 Å². The van der Waals surface area contributed by atoms with Gasteiger partial charge < -0.3 is 16.0 Å². The summed E-state index contributed by atoms with van der Waals surface area (Å²) in [4.78, 5) is 37.9. The van der Waals surface area contributed by atoms with Crippen molar-refractivity contribution in [3.05, 3.63) is 34.9 Å². The number of fused-ring (bicyclic) bond motifs is 1. The van der Waals surface area contributed by atoms with E-state index in [1.807, 2.05) is 18.2 Å². The van der Waals surface area contributed by atoms with Gasteiger partial charge in [-0.3, -0.25) is 19.7 Å². The number of carbonyl (C=O) groups excluding carboxylic acids is 3. The van der Waals surface area contributed by atoms with Crippen molar-refractivity contribution < 1.29 is 14.4 Å². The molecule has 126 valence electrons. The Bertz CT molecular complexity index is 733. The van der Waals surface area contributed by atoms with Crippen molar-refractivity contribution in [2.24, 2.45) is 5.73 Å². The molecule has 2 heterocycles. The maximum atomic E-state index is 12.9. The summed E-state index contributed by atoms with van der Waals surface area (Å²) in [7, 11) is 0. The second-order valence-electron chi connectivity index (χ2n) is 6.74. The third-order valence-corrected chi connectivity index (χ3v) is 5.03. The standard InChI is InChI=1S/C17H20N4O3/c18-11-6-12(11)19-7-9-2-1-3-10-8-21(17(24)15(9)10)13-4-5-14(22)20-16(13)23/h1-3,11-13,19H,4-8,18H2,(H,20,22,23)/t11-,12+,13?/m1/s1. The first kappa shape index (κ1) is 15.3. The minimum atomic E-state index is -0.569. The second kappa shape index (κ2) is 5.68. The van der Waals surface area contributed by atoms with Gasteiger partial charge in [0.1, 0.15) is 6.04 Å². The van der Waals surface area contributed by atoms with Gasteiger partial charge in [0, 0.05) is 37.2 Å². The maximum Gasteiger partial charge on any atom is 0.255 e. The summed E-state index contributed by atoms with van der Waals surface area (Å²) in [5.74, 6) is -0.779. The van der Waals surface area contributed by atoms with Crippen LogP contribution in [-0.4, -0.2) is 40.7 Å². The zero-order valence-corrected chi connectivity index (χ0v) is 13.2. The number of piperidine rings is 1. The molecule has 0 radical (unpaired) electrons. The van der Waals surface area contributed by atoms with Crippen LogP contribution in [0.1, 0.15) is 40.7 Å². The molecule has 0 aromatic heterocycles. The first-order valence-electron chi connectivity index (χ1n) is 8.29. The lowest BCUT2D eigenvalue weighted by Gasteiger charge is -2.29. The molecule has 7 heteroatoms. The van der Waals surface area contributed by atoms with Gasteiger partial charge in [-0.1, -0.05) is 18.2 Å². The van der Waals surface area contributed by atoms with E-state index in [1.165, 1.54) is 0 Å². The van der Waals surface area contributed by atoms with Crippen LogP contribution < -0.4 is 16.4 Å². The van der Waals surface area contributed by atoms with Crippen LogP contribution in [0, 0.1) is 0 Å². The fourth-order valence-corrected chi connectivity index (χ4v) is 3.53. The summed E-state index contributed by atoms with van der Waals surface area (Å²) in [6, 6.07) is 5.75. The molecule has 1 aromatic carbocycles. The highest BCUT2D eigenvalue weighted by molar-refractivity contribution is 6.05. The lowest BCUT2D eigenvalue weighted by atomic mass is 10.0. The zero-order valence-electron chi connectivity index (χ0n) is 13.2. The summed E-state index contributed by atoms with van der Waals surface area (Å²) in [6.45, 7) is 1.01. The number of amides is 3. The summed E-state index contributed by atoms with van der Waals surface area (Å²) in [5.41, 5.74) is 8.36. The third kappa shape index (κ3) is 2.59. The van der Waals surface area contributed by atoms with E-state index in [0.717, 1.165) is 17.5 Å². The van der Waals surface area contributed by atoms with Crippen LogP contribution in [0.15, 0.2) is 18.2 Å². The van der Waals surface area contributed by atoms with Crippen LogP contribution >= 0.6 is 0 Å². The lowest BCUT2D eigenvalue weighted by Crippen LogP contribution is -2.52. The first-order chi connectivity index (χ1) is 11.5. The molecule has 0 spiro atoms. The Morgan fingerprint density at radius 2 is 2.08 bits per heavy atom. The summed E-state index contributed by atoms with van der Waals surface area (Å²) < 4.78 is 0. The predicted octanol–water partition coefficient (Wildman–Crippen LogP) is -0.363. The predicted molar refractivity (Wildman–Crippen MR) is 85.7 cm³/mol. The van der Waals surface area contributed by atoms with E-state index in [1.54, 1.807) is 4.90 Å². The minimum Gasteiger partial charge on any atom is -0.326 e. The monoisotopic (exact) mass is 328 g/mol. The average Bonchev–Trinajstić information content (AvgIpc) is 3.15. The molecule has 4 N–H and O–H groups in total. The molecule has 3 aliphatic rings. The van der Waals surface area contributed by atoms with Crippen molar-refractivity contribution in [3.63, 3.8) is 0 Å². The number of imide groups is 1. The van der Waals surface area contributed by atoms with Gasteiger partial charge in [-0.25, -0.2) is 0 Å². The van der Waals surface area contributed by atoms with Crippen LogP contribution in [0.3, 0.4) is 0 Å². The molecular formula is C17H20N4O3. The number of rotatable bonds is 4. The molecule has 24 heavy (non-hydrogen) atoms. The van der Waals surface area contributed by atoms with Gasteiger partial charge in [-0.15, -0.1) is 0 Å².